The van der Waals surface area contributed by atoms with Crippen molar-refractivity contribution in [2.24, 2.45) is 17.8 Å². The highest BCUT2D eigenvalue weighted by Crippen LogP contribution is 2.55. The van der Waals surface area contributed by atoms with E-state index in [9.17, 15) is 18.0 Å². The summed E-state index contributed by atoms with van der Waals surface area (Å²) in [5, 5.41) is 9.22. The Labute approximate surface area is 242 Å². The van der Waals surface area contributed by atoms with Crippen LogP contribution in [0, 0.1) is 17.8 Å². The van der Waals surface area contributed by atoms with Crippen molar-refractivity contribution < 1.29 is 18.0 Å². The minimum absolute atomic E-state index is 0.0191. The van der Waals surface area contributed by atoms with E-state index in [1.54, 1.807) is 12.1 Å². The molecule has 4 saturated carbocycles. The van der Waals surface area contributed by atoms with Gasteiger partial charge in [0.1, 0.15) is 0 Å². The van der Waals surface area contributed by atoms with Gasteiger partial charge in [-0.1, -0.05) is 18.2 Å². The van der Waals surface area contributed by atoms with Crippen LogP contribution in [-0.2, 0) is 42.1 Å². The van der Waals surface area contributed by atoms with Crippen molar-refractivity contribution in [2.45, 2.75) is 93.9 Å². The van der Waals surface area contributed by atoms with Gasteiger partial charge in [-0.2, -0.15) is 0 Å². The van der Waals surface area contributed by atoms with Gasteiger partial charge in [0.05, 0.1) is 4.90 Å². The third-order valence-electron chi connectivity index (χ3n) is 10.3. The van der Waals surface area contributed by atoms with E-state index in [0.717, 1.165) is 97.9 Å². The predicted molar refractivity (Wildman–Crippen MR) is 157 cm³/mol. The number of nitrogens with one attached hydrogen (secondary N) is 4. The molecular formula is C32H40N4O4S. The molecule has 0 saturated heterocycles. The molecule has 4 amide bonds. The van der Waals surface area contributed by atoms with Crippen molar-refractivity contribution in [3.8, 4) is 0 Å². The Morgan fingerprint density at radius 3 is 1.98 bits per heavy atom. The molecule has 4 N–H and O–H groups in total. The molecule has 0 radical (unpaired) electrons. The van der Waals surface area contributed by atoms with Crippen LogP contribution in [0.15, 0.2) is 35.2 Å². The van der Waals surface area contributed by atoms with E-state index < -0.39 is 16.1 Å². The van der Waals surface area contributed by atoms with Gasteiger partial charge in [-0.15, -0.1) is 0 Å². The van der Waals surface area contributed by atoms with Crippen LogP contribution in [0.25, 0.3) is 0 Å². The number of carbonyl (C=O) groups excluding carboxylic acids is 2. The lowest BCUT2D eigenvalue weighted by atomic mass is 9.53. The Hall–Kier alpha value is -3.07. The van der Waals surface area contributed by atoms with Crippen molar-refractivity contribution in [2.75, 3.05) is 11.9 Å². The number of benzene rings is 2. The maximum absolute atomic E-state index is 13.0. The fourth-order valence-electron chi connectivity index (χ4n) is 8.99. The molecule has 2 aromatic carbocycles. The summed E-state index contributed by atoms with van der Waals surface area (Å²) in [6, 6.07) is 7.95. The van der Waals surface area contributed by atoms with Crippen LogP contribution in [0.2, 0.25) is 0 Å². The van der Waals surface area contributed by atoms with Crippen LogP contribution in [0.3, 0.4) is 0 Å². The molecule has 0 heterocycles. The van der Waals surface area contributed by atoms with Crippen molar-refractivity contribution >= 4 is 27.8 Å². The van der Waals surface area contributed by atoms with Crippen LogP contribution >= 0.6 is 0 Å². The number of amides is 4. The van der Waals surface area contributed by atoms with Gasteiger partial charge >= 0.3 is 12.1 Å². The molecule has 8 nitrogen and oxygen atoms in total. The Kier molecular flexibility index (Phi) is 6.75. The Bertz CT molecular complexity index is 1420. The number of sulfonamides is 1. The molecule has 0 spiro atoms. The highest BCUT2D eigenvalue weighted by Gasteiger charge is 2.51. The zero-order valence-electron chi connectivity index (χ0n) is 23.6. The first-order valence-electron chi connectivity index (χ1n) is 15.4. The second kappa shape index (κ2) is 10.3. The average molecular weight is 577 g/mol. The van der Waals surface area contributed by atoms with Crippen LogP contribution in [0.4, 0.5) is 15.3 Å². The SMILES string of the molecule is O=C(Nc1c2c(cc3c1CCC3)CCC2)NS(=O)(=O)c1ccc(CCNC(=O)N[C@]23CC4CC(C[C@H](C4)C2)C3)cc1. The highest BCUT2D eigenvalue weighted by molar-refractivity contribution is 7.90. The first kappa shape index (κ1) is 26.8. The van der Waals surface area contributed by atoms with E-state index in [1.807, 2.05) is 0 Å². The molecular weight excluding hydrogens is 536 g/mol. The van der Waals surface area contributed by atoms with Crippen molar-refractivity contribution in [1.82, 2.24) is 15.4 Å². The highest BCUT2D eigenvalue weighted by atomic mass is 32.2. The van der Waals surface area contributed by atoms with E-state index in [0.29, 0.717) is 13.0 Å². The summed E-state index contributed by atoms with van der Waals surface area (Å²) in [5.74, 6) is 2.32. The molecule has 4 bridgehead atoms. The second-order valence-electron chi connectivity index (χ2n) is 13.3. The number of hydrogen-bond donors (Lipinski definition) is 4. The monoisotopic (exact) mass is 576 g/mol. The van der Waals surface area contributed by atoms with Crippen LogP contribution < -0.4 is 20.7 Å². The van der Waals surface area contributed by atoms with Gasteiger partial charge in [-0.25, -0.2) is 22.7 Å². The topological polar surface area (TPSA) is 116 Å². The molecule has 8 rings (SSSR count). The molecule has 6 aliphatic rings. The number of urea groups is 2. The molecule has 0 aromatic heterocycles. The fourth-order valence-corrected chi connectivity index (χ4v) is 9.90. The van der Waals surface area contributed by atoms with E-state index in [1.165, 1.54) is 42.5 Å². The lowest BCUT2D eigenvalue weighted by Crippen LogP contribution is -2.61. The Balaban J connectivity index is 0.921. The summed E-state index contributed by atoms with van der Waals surface area (Å²) in [6.07, 6.45) is 13.9. The maximum atomic E-state index is 13.0. The molecule has 9 heteroatoms. The van der Waals surface area contributed by atoms with Gasteiger partial charge < -0.3 is 16.0 Å². The molecule has 0 aliphatic heterocycles. The lowest BCUT2D eigenvalue weighted by molar-refractivity contribution is -0.0135. The zero-order valence-corrected chi connectivity index (χ0v) is 24.4. The third-order valence-corrected chi connectivity index (χ3v) is 11.6. The molecule has 6 aliphatic carbocycles. The number of aryl methyl sites for hydroxylation is 2. The summed E-state index contributed by atoms with van der Waals surface area (Å²) in [7, 11) is -4.03. The Morgan fingerprint density at radius 2 is 1.39 bits per heavy atom. The van der Waals surface area contributed by atoms with E-state index in [2.05, 4.69) is 26.7 Å². The molecule has 218 valence electrons. The fraction of sp³-hybridized carbons (Fsp3) is 0.562. The van der Waals surface area contributed by atoms with Gasteiger partial charge in [-0.3, -0.25) is 0 Å². The minimum atomic E-state index is -4.03. The van der Waals surface area contributed by atoms with Gasteiger partial charge in [0.25, 0.3) is 10.0 Å². The third kappa shape index (κ3) is 5.33. The predicted octanol–water partition coefficient (Wildman–Crippen LogP) is 4.98. The second-order valence-corrected chi connectivity index (χ2v) is 14.9. The van der Waals surface area contributed by atoms with E-state index in [4.69, 9.17) is 0 Å². The van der Waals surface area contributed by atoms with Crippen molar-refractivity contribution in [1.29, 1.82) is 0 Å². The van der Waals surface area contributed by atoms with Gasteiger partial charge in [-0.05, 0) is 141 Å². The number of carbonyl (C=O) groups is 2. The summed E-state index contributed by atoms with van der Waals surface area (Å²) in [4.78, 5) is 25.6. The van der Waals surface area contributed by atoms with Crippen molar-refractivity contribution in [3.05, 3.63) is 58.1 Å². The molecule has 0 unspecified atom stereocenters. The van der Waals surface area contributed by atoms with E-state index >= 15 is 0 Å². The maximum Gasteiger partial charge on any atom is 0.333 e. The summed E-state index contributed by atoms with van der Waals surface area (Å²) in [5.41, 5.74) is 6.58. The lowest BCUT2D eigenvalue weighted by Gasteiger charge is -2.56. The first-order valence-corrected chi connectivity index (χ1v) is 16.9. The number of rotatable bonds is 7. The van der Waals surface area contributed by atoms with E-state index in [-0.39, 0.29) is 16.5 Å². The zero-order chi connectivity index (χ0) is 28.2. The quantitative estimate of drug-likeness (QED) is 0.372. The minimum Gasteiger partial charge on any atom is -0.338 e. The molecule has 41 heavy (non-hydrogen) atoms. The number of anilines is 1. The largest absolute Gasteiger partial charge is 0.338 e. The summed E-state index contributed by atoms with van der Waals surface area (Å²) < 4.78 is 28.2. The van der Waals surface area contributed by atoms with Gasteiger partial charge in [0.15, 0.2) is 0 Å². The normalized spacial score (nSPS) is 27.3. The molecule has 0 atom stereocenters. The number of hydrogen-bond acceptors (Lipinski definition) is 4. The van der Waals surface area contributed by atoms with Gasteiger partial charge in [0.2, 0.25) is 0 Å². The van der Waals surface area contributed by atoms with Crippen LogP contribution in [-0.4, -0.2) is 32.6 Å². The number of fused-ring (bicyclic) bond motifs is 2. The van der Waals surface area contributed by atoms with Crippen LogP contribution in [0.5, 0.6) is 0 Å². The smallest absolute Gasteiger partial charge is 0.333 e. The summed E-state index contributed by atoms with van der Waals surface area (Å²) in [6.45, 7) is 0.469. The molecule has 4 fully saturated rings. The standard InChI is InChI=1S/C32H40N4O4S/c37-30(35-32-17-21-13-22(18-32)15-23(14-21)19-32)33-12-11-20-7-9-26(10-8-20)41(39,40)36-31(38)34-29-27-5-1-3-24(27)16-25-4-2-6-28(25)29/h7-10,16,21-23H,1-6,11-15,17-19H2,(H2,33,35,37)(H2,34,36,38)/t21-,22?,23?,32-. The van der Waals surface area contributed by atoms with Gasteiger partial charge in [0, 0.05) is 17.8 Å². The van der Waals surface area contributed by atoms with Crippen molar-refractivity contribution in [3.63, 3.8) is 0 Å². The Morgan fingerprint density at radius 1 is 0.805 bits per heavy atom. The summed E-state index contributed by atoms with van der Waals surface area (Å²) >= 11 is 0. The van der Waals surface area contributed by atoms with Crippen LogP contribution in [0.1, 0.15) is 79.2 Å². The average Bonchev–Trinajstić information content (AvgIpc) is 3.57. The molecule has 2 aromatic rings. The first-order chi connectivity index (χ1) is 19.8.